The third-order valence-electron chi connectivity index (χ3n) is 3.62. The van der Waals surface area contributed by atoms with Gasteiger partial charge in [0.05, 0.1) is 19.9 Å². The number of nitrogens with zero attached hydrogens (tertiary/aromatic N) is 1. The van der Waals surface area contributed by atoms with Gasteiger partial charge in [0.1, 0.15) is 0 Å². The molecule has 0 fully saturated rings. The van der Waals surface area contributed by atoms with E-state index in [9.17, 15) is 4.79 Å². The first-order chi connectivity index (χ1) is 12.5. The average molecular weight is 356 g/mol. The number of carbonyl (C=O) groups excluding carboxylic acids is 1. The number of ether oxygens (including phenoxy) is 2. The van der Waals surface area contributed by atoms with E-state index in [0.717, 1.165) is 22.4 Å². The Morgan fingerprint density at radius 1 is 1.15 bits per heavy atom. The molecule has 0 aliphatic heterocycles. The van der Waals surface area contributed by atoms with Crippen LogP contribution in [-0.2, 0) is 9.63 Å². The van der Waals surface area contributed by atoms with Crippen LogP contribution in [0.2, 0.25) is 0 Å². The first-order valence-corrected chi connectivity index (χ1v) is 8.36. The summed E-state index contributed by atoms with van der Waals surface area (Å²) in [5.41, 5.74) is 3.69. The van der Waals surface area contributed by atoms with Crippen LogP contribution in [0.1, 0.15) is 23.6 Å². The summed E-state index contributed by atoms with van der Waals surface area (Å²) in [4.78, 5) is 17.0. The Balaban J connectivity index is 1.87. The Bertz CT molecular complexity index is 787. The molecule has 0 aliphatic rings. The van der Waals surface area contributed by atoms with E-state index in [-0.39, 0.29) is 12.5 Å². The van der Waals surface area contributed by atoms with E-state index >= 15 is 0 Å². The van der Waals surface area contributed by atoms with Crippen LogP contribution < -0.4 is 14.8 Å². The van der Waals surface area contributed by atoms with Gasteiger partial charge in [0.15, 0.2) is 18.1 Å². The number of hydrogen-bond acceptors (Lipinski definition) is 5. The van der Waals surface area contributed by atoms with Gasteiger partial charge < -0.3 is 19.6 Å². The lowest BCUT2D eigenvalue weighted by Gasteiger charge is -2.09. The summed E-state index contributed by atoms with van der Waals surface area (Å²) < 4.78 is 10.7. The molecule has 0 atom stereocenters. The number of carbonyl (C=O) groups is 1. The van der Waals surface area contributed by atoms with Gasteiger partial charge >= 0.3 is 0 Å². The lowest BCUT2D eigenvalue weighted by atomic mass is 10.1. The molecule has 0 bridgehead atoms. The predicted octanol–water partition coefficient (Wildman–Crippen LogP) is 3.70. The van der Waals surface area contributed by atoms with Crippen molar-refractivity contribution in [3.63, 3.8) is 0 Å². The highest BCUT2D eigenvalue weighted by Crippen LogP contribution is 2.27. The number of methoxy groups -OCH3 is 1. The SMILES string of the molecule is CCOc1ccc(C=NOCC(=O)Nc2ccc(C)cc2C)cc1OC. The van der Waals surface area contributed by atoms with Crippen LogP contribution in [0.4, 0.5) is 5.69 Å². The zero-order chi connectivity index (χ0) is 18.9. The van der Waals surface area contributed by atoms with Crippen molar-refractivity contribution in [2.45, 2.75) is 20.8 Å². The number of oxime groups is 1. The Kier molecular flexibility index (Phi) is 7.02. The number of anilines is 1. The van der Waals surface area contributed by atoms with Gasteiger partial charge in [0, 0.05) is 11.3 Å². The van der Waals surface area contributed by atoms with Crippen LogP contribution in [0, 0.1) is 13.8 Å². The van der Waals surface area contributed by atoms with Crippen LogP contribution in [0.5, 0.6) is 11.5 Å². The highest BCUT2D eigenvalue weighted by Gasteiger charge is 2.06. The van der Waals surface area contributed by atoms with Gasteiger partial charge in [-0.1, -0.05) is 22.9 Å². The molecule has 0 radical (unpaired) electrons. The molecule has 2 aromatic rings. The van der Waals surface area contributed by atoms with E-state index in [1.807, 2.05) is 45.0 Å². The smallest absolute Gasteiger partial charge is 0.265 e. The number of rotatable bonds is 8. The molecule has 6 nitrogen and oxygen atoms in total. The third-order valence-corrected chi connectivity index (χ3v) is 3.62. The lowest BCUT2D eigenvalue weighted by molar-refractivity contribution is -0.120. The zero-order valence-electron chi connectivity index (χ0n) is 15.5. The highest BCUT2D eigenvalue weighted by molar-refractivity contribution is 5.92. The number of aryl methyl sites for hydroxylation is 2. The van der Waals surface area contributed by atoms with Crippen molar-refractivity contribution in [2.24, 2.45) is 5.16 Å². The maximum atomic E-state index is 11.9. The van der Waals surface area contributed by atoms with Crippen LogP contribution in [0.15, 0.2) is 41.6 Å². The van der Waals surface area contributed by atoms with E-state index in [2.05, 4.69) is 10.5 Å². The van der Waals surface area contributed by atoms with Crippen molar-refractivity contribution >= 4 is 17.8 Å². The van der Waals surface area contributed by atoms with Crippen molar-refractivity contribution in [2.75, 3.05) is 25.6 Å². The van der Waals surface area contributed by atoms with Gasteiger partial charge in [-0.05, 0) is 50.6 Å². The van der Waals surface area contributed by atoms with Gasteiger partial charge in [-0.15, -0.1) is 0 Å². The van der Waals surface area contributed by atoms with Gasteiger partial charge in [0.25, 0.3) is 5.91 Å². The molecule has 6 heteroatoms. The number of nitrogens with one attached hydrogen (secondary N) is 1. The molecule has 2 aromatic carbocycles. The normalized spacial score (nSPS) is 10.6. The molecule has 138 valence electrons. The zero-order valence-corrected chi connectivity index (χ0v) is 15.5. The summed E-state index contributed by atoms with van der Waals surface area (Å²) in [6.07, 6.45) is 1.52. The standard InChI is InChI=1S/C20H24N2O4/c1-5-25-18-9-7-16(11-19(18)24-4)12-21-26-13-20(23)22-17-8-6-14(2)10-15(17)3/h6-12H,5,13H2,1-4H3,(H,22,23). The van der Waals surface area contributed by atoms with E-state index in [0.29, 0.717) is 18.1 Å². The summed E-state index contributed by atoms with van der Waals surface area (Å²) in [7, 11) is 1.58. The molecular formula is C20H24N2O4. The van der Waals surface area contributed by atoms with Crippen LogP contribution in [-0.4, -0.2) is 32.4 Å². The molecular weight excluding hydrogens is 332 g/mol. The molecule has 0 unspecified atom stereocenters. The summed E-state index contributed by atoms with van der Waals surface area (Å²) in [5, 5.41) is 6.63. The van der Waals surface area contributed by atoms with Gasteiger partial charge in [-0.3, -0.25) is 4.79 Å². The van der Waals surface area contributed by atoms with Crippen LogP contribution >= 0.6 is 0 Å². The number of hydrogen-bond donors (Lipinski definition) is 1. The Morgan fingerprint density at radius 3 is 2.65 bits per heavy atom. The molecule has 0 saturated carbocycles. The summed E-state index contributed by atoms with van der Waals surface area (Å²) in [5.74, 6) is 1.02. The Labute approximate surface area is 153 Å². The molecule has 2 rings (SSSR count). The van der Waals surface area contributed by atoms with Crippen molar-refractivity contribution in [1.82, 2.24) is 0 Å². The summed E-state index contributed by atoms with van der Waals surface area (Å²) >= 11 is 0. The Morgan fingerprint density at radius 2 is 1.96 bits per heavy atom. The first kappa shape index (κ1) is 19.3. The van der Waals surface area contributed by atoms with Crippen molar-refractivity contribution in [1.29, 1.82) is 0 Å². The van der Waals surface area contributed by atoms with Crippen LogP contribution in [0.25, 0.3) is 0 Å². The quantitative estimate of drug-likeness (QED) is 0.578. The molecule has 1 amide bonds. The molecule has 1 N–H and O–H groups in total. The van der Waals surface area contributed by atoms with E-state index in [1.54, 1.807) is 19.2 Å². The maximum absolute atomic E-state index is 11.9. The molecule has 0 aliphatic carbocycles. The van der Waals surface area contributed by atoms with Crippen molar-refractivity contribution < 1.29 is 19.1 Å². The van der Waals surface area contributed by atoms with Crippen LogP contribution in [0.3, 0.4) is 0 Å². The lowest BCUT2D eigenvalue weighted by Crippen LogP contribution is -2.17. The second kappa shape index (κ2) is 9.46. The number of amides is 1. The Hall–Kier alpha value is -3.02. The average Bonchev–Trinajstić information content (AvgIpc) is 2.62. The van der Waals surface area contributed by atoms with E-state index in [4.69, 9.17) is 14.3 Å². The third kappa shape index (κ3) is 5.51. The topological polar surface area (TPSA) is 69.2 Å². The highest BCUT2D eigenvalue weighted by atomic mass is 16.6. The molecule has 0 heterocycles. The largest absolute Gasteiger partial charge is 0.493 e. The predicted molar refractivity (Wildman–Crippen MR) is 102 cm³/mol. The monoisotopic (exact) mass is 356 g/mol. The number of benzene rings is 2. The van der Waals surface area contributed by atoms with E-state index < -0.39 is 0 Å². The first-order valence-electron chi connectivity index (χ1n) is 8.36. The minimum atomic E-state index is -0.265. The fourth-order valence-corrected chi connectivity index (χ4v) is 2.37. The molecule has 26 heavy (non-hydrogen) atoms. The minimum Gasteiger partial charge on any atom is -0.493 e. The fraction of sp³-hybridized carbons (Fsp3) is 0.300. The maximum Gasteiger partial charge on any atom is 0.265 e. The second-order valence-corrected chi connectivity index (χ2v) is 5.72. The van der Waals surface area contributed by atoms with Crippen molar-refractivity contribution in [3.8, 4) is 11.5 Å². The molecule has 0 aromatic heterocycles. The van der Waals surface area contributed by atoms with Gasteiger partial charge in [0.2, 0.25) is 0 Å². The minimum absolute atomic E-state index is 0.169. The van der Waals surface area contributed by atoms with Gasteiger partial charge in [-0.2, -0.15) is 0 Å². The fourth-order valence-electron chi connectivity index (χ4n) is 2.37. The van der Waals surface area contributed by atoms with Crippen molar-refractivity contribution in [3.05, 3.63) is 53.1 Å². The summed E-state index contributed by atoms with van der Waals surface area (Å²) in [6, 6.07) is 11.2. The summed E-state index contributed by atoms with van der Waals surface area (Å²) in [6.45, 7) is 6.25. The van der Waals surface area contributed by atoms with E-state index in [1.165, 1.54) is 6.21 Å². The molecule has 0 spiro atoms. The molecule has 0 saturated heterocycles. The van der Waals surface area contributed by atoms with Gasteiger partial charge in [-0.25, -0.2) is 0 Å². The second-order valence-electron chi connectivity index (χ2n) is 5.72.